The van der Waals surface area contributed by atoms with Crippen molar-refractivity contribution in [2.75, 3.05) is 0 Å². The third-order valence-electron chi connectivity index (χ3n) is 2.24. The predicted molar refractivity (Wildman–Crippen MR) is 50.1 cm³/mol. The van der Waals surface area contributed by atoms with Gasteiger partial charge in [0, 0.05) is 24.1 Å². The molecule has 1 aliphatic carbocycles. The lowest BCUT2D eigenvalue weighted by Gasteiger charge is -1.96. The van der Waals surface area contributed by atoms with E-state index in [4.69, 9.17) is 5.73 Å². The molecule has 3 N–H and O–H groups in total. The lowest BCUT2D eigenvalue weighted by molar-refractivity contribution is -0.393. The van der Waals surface area contributed by atoms with Gasteiger partial charge < -0.3 is 18.1 Å². The van der Waals surface area contributed by atoms with E-state index in [1.165, 1.54) is 19.0 Å². The van der Waals surface area contributed by atoms with Crippen LogP contribution >= 0.6 is 12.4 Å². The standard InChI is InChI=1S/C9H11FN2.2ClH/c10-8-5-12-9(6-1-2-6)3-7(8)4-11;;/h3,5-6H,1-2,4,11H2;2*1H. The molecule has 1 heterocycles. The molecule has 5 heteroatoms. The number of nitrogens with two attached hydrogens (primary N) is 1. The summed E-state index contributed by atoms with van der Waals surface area (Å²) in [5.41, 5.74) is 7.12. The molecule has 2 nitrogen and oxygen atoms in total. The van der Waals surface area contributed by atoms with E-state index in [0.29, 0.717) is 11.5 Å². The first kappa shape index (κ1) is 13.6. The minimum Gasteiger partial charge on any atom is -1.00 e. The molecule has 2 rings (SSSR count). The second-order valence-corrected chi connectivity index (χ2v) is 3.24. The Morgan fingerprint density at radius 2 is 2.14 bits per heavy atom. The first-order chi connectivity index (χ1) is 5.81. The van der Waals surface area contributed by atoms with Crippen molar-refractivity contribution in [3.8, 4) is 0 Å². The molecule has 0 unspecified atom stereocenters. The van der Waals surface area contributed by atoms with Gasteiger partial charge in [-0.3, -0.25) is 0 Å². The first-order valence-corrected chi connectivity index (χ1v) is 4.21. The maximum Gasteiger partial charge on any atom is 0.203 e. The number of H-pyrrole nitrogens is 1. The molecule has 1 aliphatic rings. The third-order valence-corrected chi connectivity index (χ3v) is 2.24. The second-order valence-electron chi connectivity index (χ2n) is 3.24. The number of aromatic amines is 1. The lowest BCUT2D eigenvalue weighted by Crippen LogP contribution is -3.00. The average molecular weight is 239 g/mol. The molecule has 0 bridgehead atoms. The Morgan fingerprint density at radius 1 is 1.50 bits per heavy atom. The molecule has 0 radical (unpaired) electrons. The van der Waals surface area contributed by atoms with Gasteiger partial charge in [-0.15, -0.1) is 12.4 Å². The Labute approximate surface area is 94.9 Å². The highest BCUT2D eigenvalue weighted by Crippen LogP contribution is 2.37. The largest absolute Gasteiger partial charge is 1.00 e. The molecule has 0 amide bonds. The van der Waals surface area contributed by atoms with Gasteiger partial charge in [-0.25, -0.2) is 9.37 Å². The zero-order chi connectivity index (χ0) is 8.55. The second kappa shape index (κ2) is 5.49. The molecule has 0 spiro atoms. The van der Waals surface area contributed by atoms with Crippen LogP contribution < -0.4 is 23.1 Å². The Hall–Kier alpha value is -0.380. The zero-order valence-corrected chi connectivity index (χ0v) is 9.17. The number of aromatic nitrogens is 1. The number of hydrogen-bond acceptors (Lipinski definition) is 1. The van der Waals surface area contributed by atoms with Gasteiger partial charge in [0.1, 0.15) is 0 Å². The smallest absolute Gasteiger partial charge is 0.203 e. The Kier molecular flexibility index (Phi) is 5.34. The van der Waals surface area contributed by atoms with E-state index in [9.17, 15) is 4.39 Å². The zero-order valence-electron chi connectivity index (χ0n) is 7.59. The van der Waals surface area contributed by atoms with Crippen molar-refractivity contribution in [2.24, 2.45) is 5.73 Å². The van der Waals surface area contributed by atoms with Crippen LogP contribution in [0.4, 0.5) is 4.39 Å². The van der Waals surface area contributed by atoms with Crippen molar-refractivity contribution in [1.29, 1.82) is 0 Å². The van der Waals surface area contributed by atoms with Crippen LogP contribution in [0.3, 0.4) is 0 Å². The highest BCUT2D eigenvalue weighted by Gasteiger charge is 2.29. The fourth-order valence-corrected chi connectivity index (χ4v) is 1.32. The van der Waals surface area contributed by atoms with Crippen LogP contribution in [-0.4, -0.2) is 0 Å². The fraction of sp³-hybridized carbons (Fsp3) is 0.444. The molecule has 0 atom stereocenters. The molecule has 0 aliphatic heterocycles. The average Bonchev–Trinajstić information content (AvgIpc) is 2.88. The molecule has 1 aromatic rings. The summed E-state index contributed by atoms with van der Waals surface area (Å²) in [6.45, 7) is 0.278. The first-order valence-electron chi connectivity index (χ1n) is 4.21. The normalized spacial score (nSPS) is 14.1. The highest BCUT2D eigenvalue weighted by atomic mass is 35.5. The number of pyridine rings is 1. The van der Waals surface area contributed by atoms with Crippen LogP contribution in [0.15, 0.2) is 12.3 Å². The maximum atomic E-state index is 12.9. The number of halogens is 3. The van der Waals surface area contributed by atoms with Crippen LogP contribution in [0.1, 0.15) is 30.0 Å². The van der Waals surface area contributed by atoms with Crippen molar-refractivity contribution in [3.05, 3.63) is 29.3 Å². The summed E-state index contributed by atoms with van der Waals surface area (Å²) in [6.07, 6.45) is 3.83. The van der Waals surface area contributed by atoms with Gasteiger partial charge in [0.15, 0.2) is 11.5 Å². The Balaban J connectivity index is 0.000000845. The van der Waals surface area contributed by atoms with E-state index >= 15 is 0 Å². The number of nitrogens with one attached hydrogen (secondary N) is 1. The molecule has 1 saturated carbocycles. The van der Waals surface area contributed by atoms with E-state index in [1.807, 2.05) is 6.07 Å². The van der Waals surface area contributed by atoms with Crippen LogP contribution in [0.25, 0.3) is 0 Å². The number of hydrogen-bond donors (Lipinski definition) is 1. The Morgan fingerprint density at radius 3 is 2.64 bits per heavy atom. The van der Waals surface area contributed by atoms with Crippen molar-refractivity contribution >= 4 is 12.4 Å². The minimum atomic E-state index is -0.234. The van der Waals surface area contributed by atoms with Gasteiger partial charge in [-0.2, -0.15) is 0 Å². The van der Waals surface area contributed by atoms with Crippen molar-refractivity contribution in [2.45, 2.75) is 25.3 Å². The lowest BCUT2D eigenvalue weighted by atomic mass is 10.2. The predicted octanol–water partition coefficient (Wildman–Crippen LogP) is -1.60. The summed E-state index contributed by atoms with van der Waals surface area (Å²) in [5.74, 6) is 0.387. The fourth-order valence-electron chi connectivity index (χ4n) is 1.32. The monoisotopic (exact) mass is 238 g/mol. The van der Waals surface area contributed by atoms with E-state index in [1.54, 1.807) is 0 Å². The van der Waals surface area contributed by atoms with Crippen LogP contribution in [-0.2, 0) is 6.54 Å². The van der Waals surface area contributed by atoms with Crippen molar-refractivity contribution < 1.29 is 21.8 Å². The molecule has 1 fully saturated rings. The molecule has 80 valence electrons. The van der Waals surface area contributed by atoms with Gasteiger partial charge >= 0.3 is 0 Å². The van der Waals surface area contributed by atoms with Gasteiger partial charge in [0.05, 0.1) is 0 Å². The van der Waals surface area contributed by atoms with Crippen LogP contribution in [0.5, 0.6) is 0 Å². The molecular weight excluding hydrogens is 226 g/mol. The summed E-state index contributed by atoms with van der Waals surface area (Å²) < 4.78 is 12.9. The van der Waals surface area contributed by atoms with E-state index in [0.717, 1.165) is 5.69 Å². The third kappa shape index (κ3) is 2.80. The van der Waals surface area contributed by atoms with Gasteiger partial charge in [0.25, 0.3) is 0 Å². The topological polar surface area (TPSA) is 40.2 Å². The van der Waals surface area contributed by atoms with E-state index in [-0.39, 0.29) is 37.2 Å². The summed E-state index contributed by atoms with van der Waals surface area (Å²) in [5, 5.41) is 0. The summed E-state index contributed by atoms with van der Waals surface area (Å²) >= 11 is 0. The maximum absolute atomic E-state index is 12.9. The van der Waals surface area contributed by atoms with Gasteiger partial charge in [0.2, 0.25) is 6.20 Å². The summed E-state index contributed by atoms with van der Waals surface area (Å²) in [4.78, 5) is 2.94. The van der Waals surface area contributed by atoms with Crippen molar-refractivity contribution in [3.63, 3.8) is 0 Å². The summed E-state index contributed by atoms with van der Waals surface area (Å²) in [6, 6.07) is 1.84. The van der Waals surface area contributed by atoms with Gasteiger partial charge in [-0.1, -0.05) is 0 Å². The van der Waals surface area contributed by atoms with Crippen LogP contribution in [0.2, 0.25) is 0 Å². The Bertz CT molecular complexity index is 303. The van der Waals surface area contributed by atoms with E-state index < -0.39 is 0 Å². The molecule has 0 aromatic carbocycles. The van der Waals surface area contributed by atoms with Crippen molar-refractivity contribution in [1.82, 2.24) is 0 Å². The van der Waals surface area contributed by atoms with Gasteiger partial charge in [-0.05, 0) is 12.8 Å². The molecular formula is C9H13Cl2FN2. The highest BCUT2D eigenvalue weighted by molar-refractivity contribution is 5.85. The molecule has 14 heavy (non-hydrogen) atoms. The van der Waals surface area contributed by atoms with Crippen LogP contribution in [0, 0.1) is 5.82 Å². The SMILES string of the molecule is Cl.NCc1cc(C2CC2)[nH+]cc1F.[Cl-]. The molecule has 1 aromatic heterocycles. The summed E-state index contributed by atoms with van der Waals surface area (Å²) in [7, 11) is 0. The molecule has 0 saturated heterocycles. The number of rotatable bonds is 2. The minimum absolute atomic E-state index is 0. The van der Waals surface area contributed by atoms with E-state index in [2.05, 4.69) is 4.98 Å². The quantitative estimate of drug-likeness (QED) is 0.663.